The summed E-state index contributed by atoms with van der Waals surface area (Å²) in [6.45, 7) is 2.53. The van der Waals surface area contributed by atoms with Crippen molar-refractivity contribution in [2.24, 2.45) is 0 Å². The third-order valence-corrected chi connectivity index (χ3v) is 3.16. The predicted molar refractivity (Wildman–Crippen MR) is 95.1 cm³/mol. The van der Waals surface area contributed by atoms with Gasteiger partial charge in [-0.1, -0.05) is 0 Å². The summed E-state index contributed by atoms with van der Waals surface area (Å²) in [7, 11) is 8.73. The average molecular weight is 428 g/mol. The number of H-pyrrole nitrogens is 2. The van der Waals surface area contributed by atoms with Crippen molar-refractivity contribution in [1.82, 2.24) is 20.4 Å². The Hall–Kier alpha value is -3.78. The van der Waals surface area contributed by atoms with Gasteiger partial charge in [0.25, 0.3) is 0 Å². The second kappa shape index (κ2) is 12.6. The molecule has 2 aromatic rings. The predicted octanol–water partition coefficient (Wildman–Crippen LogP) is -5.78. The number of carbonyl (C=O) groups is 4. The zero-order valence-corrected chi connectivity index (χ0v) is 16.8. The number of aromatic carboxylic acids is 4. The molecule has 14 heteroatoms. The second-order valence-corrected chi connectivity index (χ2v) is 6.43. The lowest BCUT2D eigenvalue weighted by molar-refractivity contribution is -0.918. The van der Waals surface area contributed by atoms with Gasteiger partial charge in [-0.3, -0.25) is 10.2 Å². The molecule has 30 heavy (non-hydrogen) atoms. The maximum Gasteiger partial charge on any atom is 0.356 e. The molecule has 0 radical (unpaired) electrons. The molecular formula is C16H24N6O8. The molecule has 0 aliphatic rings. The number of carboxylic acid groups (broad SMARTS) is 4. The molecule has 0 atom stereocenters. The van der Waals surface area contributed by atoms with Crippen LogP contribution in [0.2, 0.25) is 0 Å². The summed E-state index contributed by atoms with van der Waals surface area (Å²) >= 11 is 0. The van der Waals surface area contributed by atoms with Gasteiger partial charge in [0.2, 0.25) is 0 Å². The van der Waals surface area contributed by atoms with Crippen molar-refractivity contribution in [2.75, 3.05) is 41.3 Å². The van der Waals surface area contributed by atoms with Gasteiger partial charge < -0.3 is 39.8 Å². The average Bonchev–Trinajstić information content (AvgIpc) is 3.31. The van der Waals surface area contributed by atoms with Crippen molar-refractivity contribution in [3.63, 3.8) is 0 Å². The van der Waals surface area contributed by atoms with E-state index in [0.29, 0.717) is 0 Å². The van der Waals surface area contributed by atoms with Crippen LogP contribution in [0.15, 0.2) is 12.1 Å². The Labute approximate surface area is 170 Å². The Balaban J connectivity index is 0.000000428. The van der Waals surface area contributed by atoms with Gasteiger partial charge in [-0.15, -0.1) is 0 Å². The third kappa shape index (κ3) is 10.5. The number of quaternary nitrogens is 2. The van der Waals surface area contributed by atoms with E-state index in [1.807, 2.05) is 10.2 Å². The highest BCUT2D eigenvalue weighted by atomic mass is 16.4. The Kier molecular flexibility index (Phi) is 11.0. The molecule has 0 bridgehead atoms. The Bertz CT molecular complexity index is 730. The molecule has 0 spiro atoms. The lowest BCUT2D eigenvalue weighted by Gasteiger charge is -2.09. The molecule has 0 saturated heterocycles. The monoisotopic (exact) mass is 428 g/mol. The molecule has 0 fully saturated rings. The van der Waals surface area contributed by atoms with E-state index in [4.69, 9.17) is 10.2 Å². The Morgan fingerprint density at radius 2 is 1.10 bits per heavy atom. The zero-order valence-electron chi connectivity index (χ0n) is 16.8. The fraction of sp³-hybridized carbons (Fsp3) is 0.375. The van der Waals surface area contributed by atoms with Gasteiger partial charge in [0.1, 0.15) is 13.1 Å². The summed E-state index contributed by atoms with van der Waals surface area (Å²) in [5.41, 5.74) is -1.38. The van der Waals surface area contributed by atoms with Crippen molar-refractivity contribution >= 4 is 23.9 Å². The van der Waals surface area contributed by atoms with Crippen LogP contribution in [0.5, 0.6) is 0 Å². The van der Waals surface area contributed by atoms with E-state index in [9.17, 15) is 29.4 Å². The van der Waals surface area contributed by atoms with Crippen molar-refractivity contribution < 1.29 is 49.4 Å². The normalized spacial score (nSPS) is 9.93. The topological polar surface area (TPSA) is 221 Å². The van der Waals surface area contributed by atoms with E-state index >= 15 is 0 Å². The molecule has 2 rings (SSSR count). The number of hydrogen-bond acceptors (Lipinski definition) is 8. The lowest BCUT2D eigenvalue weighted by Crippen LogP contribution is -3.14. The quantitative estimate of drug-likeness (QED) is 0.245. The molecule has 0 aromatic carbocycles. The van der Waals surface area contributed by atoms with Gasteiger partial charge >= 0.3 is 11.9 Å². The molecule has 2 heterocycles. The van der Waals surface area contributed by atoms with Gasteiger partial charge in [0, 0.05) is 0 Å². The molecule has 0 aliphatic heterocycles. The van der Waals surface area contributed by atoms with Crippen LogP contribution in [0, 0.1) is 0 Å². The minimum Gasteiger partial charge on any atom is -0.543 e. The highest BCUT2D eigenvalue weighted by Crippen LogP contribution is 1.97. The largest absolute Gasteiger partial charge is 0.543 e. The van der Waals surface area contributed by atoms with Gasteiger partial charge in [0.15, 0.2) is 11.4 Å². The number of carbonyl (C=O) groups excluding carboxylic acids is 2. The Morgan fingerprint density at radius 1 is 0.800 bits per heavy atom. The van der Waals surface area contributed by atoms with E-state index < -0.39 is 23.9 Å². The van der Waals surface area contributed by atoms with Crippen LogP contribution in [0.4, 0.5) is 0 Å². The standard InChI is InChI=1S/C6H16N2.2C5H4N2O4/c1-7(2)5-6-8(3)4;2*8-4(9)2-1-3(5(10)11)7-6-2/h5-6H2,1-4H3;2*1H,(H,6,7)(H,8,9)(H,10,11). The molecule has 14 nitrogen and oxygen atoms in total. The molecule has 6 N–H and O–H groups in total. The second-order valence-electron chi connectivity index (χ2n) is 6.43. The van der Waals surface area contributed by atoms with E-state index in [-0.39, 0.29) is 22.8 Å². The summed E-state index contributed by atoms with van der Waals surface area (Å²) in [4.78, 5) is 43.5. The fourth-order valence-electron chi connectivity index (χ4n) is 1.57. The summed E-state index contributed by atoms with van der Waals surface area (Å²) in [5, 5.41) is 47.1. The molecule has 2 aromatic heterocycles. The van der Waals surface area contributed by atoms with E-state index in [1.165, 1.54) is 22.9 Å². The summed E-state index contributed by atoms with van der Waals surface area (Å²) in [5.74, 6) is -5.53. The van der Waals surface area contributed by atoms with Gasteiger partial charge in [-0.2, -0.15) is 10.2 Å². The van der Waals surface area contributed by atoms with Crippen molar-refractivity contribution in [3.05, 3.63) is 34.9 Å². The van der Waals surface area contributed by atoms with Crippen LogP contribution in [0.1, 0.15) is 42.0 Å². The third-order valence-electron chi connectivity index (χ3n) is 3.16. The number of rotatable bonds is 7. The molecule has 0 amide bonds. The first-order chi connectivity index (χ1) is 13.8. The highest BCUT2D eigenvalue weighted by Gasteiger charge is 2.08. The number of nitrogens with one attached hydrogen (secondary N) is 4. The van der Waals surface area contributed by atoms with E-state index in [2.05, 4.69) is 38.4 Å². The maximum atomic E-state index is 10.1. The van der Waals surface area contributed by atoms with Gasteiger partial charge in [0.05, 0.1) is 51.5 Å². The van der Waals surface area contributed by atoms with Gasteiger partial charge in [-0.05, 0) is 12.1 Å². The SMILES string of the molecule is C[NH+](C)CC[NH+](C)C.O=C(O)c1cc(C(=O)[O-])[nH]n1.O=C(O)c1cc(C(=O)[O-])[nH]n1. The van der Waals surface area contributed by atoms with Crippen LogP contribution in [-0.2, 0) is 0 Å². The van der Waals surface area contributed by atoms with Crippen LogP contribution in [0.25, 0.3) is 0 Å². The minimum absolute atomic E-state index is 0.343. The summed E-state index contributed by atoms with van der Waals surface area (Å²) < 4.78 is 0. The van der Waals surface area contributed by atoms with Crippen molar-refractivity contribution in [3.8, 4) is 0 Å². The van der Waals surface area contributed by atoms with Gasteiger partial charge in [-0.25, -0.2) is 9.59 Å². The number of hydrogen-bond donors (Lipinski definition) is 6. The van der Waals surface area contributed by atoms with Crippen LogP contribution in [0.3, 0.4) is 0 Å². The van der Waals surface area contributed by atoms with Crippen LogP contribution >= 0.6 is 0 Å². The first-order valence-electron chi connectivity index (χ1n) is 8.43. The smallest absolute Gasteiger partial charge is 0.356 e. The van der Waals surface area contributed by atoms with Crippen molar-refractivity contribution in [1.29, 1.82) is 0 Å². The number of aromatic amines is 2. The summed E-state index contributed by atoms with van der Waals surface area (Å²) in [6.07, 6.45) is 0. The number of carboxylic acids is 4. The maximum absolute atomic E-state index is 10.1. The fourth-order valence-corrected chi connectivity index (χ4v) is 1.57. The molecule has 0 saturated carbocycles. The van der Waals surface area contributed by atoms with Crippen LogP contribution in [-0.4, -0.2) is 95.8 Å². The van der Waals surface area contributed by atoms with Crippen molar-refractivity contribution in [2.45, 2.75) is 0 Å². The molecular weight excluding hydrogens is 404 g/mol. The summed E-state index contributed by atoms with van der Waals surface area (Å²) in [6, 6.07) is 1.77. The highest BCUT2D eigenvalue weighted by molar-refractivity contribution is 5.90. The molecule has 166 valence electrons. The molecule has 0 unspecified atom stereocenters. The van der Waals surface area contributed by atoms with Crippen LogP contribution < -0.4 is 20.0 Å². The Morgan fingerprint density at radius 3 is 1.23 bits per heavy atom. The number of aromatic nitrogens is 4. The molecule has 0 aliphatic carbocycles. The zero-order chi connectivity index (χ0) is 23.4. The number of nitrogens with zero attached hydrogens (tertiary/aromatic N) is 2. The minimum atomic E-state index is -1.48. The first kappa shape index (κ1) is 26.2. The van der Waals surface area contributed by atoms with E-state index in [1.54, 1.807) is 0 Å². The first-order valence-corrected chi connectivity index (χ1v) is 8.43. The number of likely N-dealkylation sites (N-methyl/N-ethyl adjacent to an activating group) is 2. The lowest BCUT2D eigenvalue weighted by atomic mass is 10.3. The van der Waals surface area contributed by atoms with E-state index in [0.717, 1.165) is 12.1 Å².